The summed E-state index contributed by atoms with van der Waals surface area (Å²) in [7, 11) is 1.41. The minimum atomic E-state index is -1.09. The lowest BCUT2D eigenvalue weighted by molar-refractivity contribution is 0.355. The van der Waals surface area contributed by atoms with Crippen LogP contribution in [0.2, 0.25) is 0 Å². The molecule has 1 N–H and O–H groups in total. The van der Waals surface area contributed by atoms with E-state index in [2.05, 4.69) is 15.3 Å². The molecule has 1 aromatic heterocycles. The first kappa shape index (κ1) is 14.0. The number of hydrogen-bond acceptors (Lipinski definition) is 5. The van der Waals surface area contributed by atoms with Gasteiger partial charge in [-0.2, -0.15) is 9.37 Å². The van der Waals surface area contributed by atoms with Gasteiger partial charge in [-0.25, -0.2) is 9.37 Å². The van der Waals surface area contributed by atoms with Crippen LogP contribution in [0.15, 0.2) is 24.5 Å². The molecule has 0 atom stereocenters. The molecule has 0 fully saturated rings. The largest absolute Gasteiger partial charge is 0.489 e. The van der Waals surface area contributed by atoms with Gasteiger partial charge in [-0.3, -0.25) is 0 Å². The molecule has 106 valence electrons. The Balaban J connectivity index is 2.38. The maximum Gasteiger partial charge on any atom is 0.268 e. The van der Waals surface area contributed by atoms with Crippen LogP contribution in [0.5, 0.6) is 17.4 Å². The third-order valence-corrected chi connectivity index (χ3v) is 2.44. The molecule has 0 unspecified atom stereocenters. The molecule has 0 spiro atoms. The van der Waals surface area contributed by atoms with Gasteiger partial charge in [0.15, 0.2) is 17.4 Å². The number of nitrogens with zero attached hydrogens (tertiary/aromatic N) is 2. The molecule has 0 aliphatic heterocycles. The van der Waals surface area contributed by atoms with Crippen molar-refractivity contribution >= 4 is 5.82 Å². The Hall–Kier alpha value is -2.44. The van der Waals surface area contributed by atoms with Crippen molar-refractivity contribution in [3.8, 4) is 17.4 Å². The van der Waals surface area contributed by atoms with Crippen molar-refractivity contribution in [3.05, 3.63) is 36.2 Å². The van der Waals surface area contributed by atoms with E-state index < -0.39 is 11.6 Å². The van der Waals surface area contributed by atoms with Gasteiger partial charge in [0.1, 0.15) is 6.33 Å². The molecule has 0 saturated carbocycles. The summed E-state index contributed by atoms with van der Waals surface area (Å²) in [6.07, 6.45) is 1.24. The van der Waals surface area contributed by atoms with Crippen LogP contribution < -0.4 is 14.8 Å². The van der Waals surface area contributed by atoms with Crippen molar-refractivity contribution in [1.29, 1.82) is 0 Å². The number of methoxy groups -OCH3 is 1. The van der Waals surface area contributed by atoms with Gasteiger partial charge in [0, 0.05) is 6.54 Å². The molecular weight excluding hydrogens is 268 g/mol. The first-order valence-corrected chi connectivity index (χ1v) is 5.92. The van der Waals surface area contributed by atoms with Crippen molar-refractivity contribution in [1.82, 2.24) is 9.97 Å². The first-order chi connectivity index (χ1) is 9.67. The third-order valence-electron chi connectivity index (χ3n) is 2.44. The van der Waals surface area contributed by atoms with Gasteiger partial charge in [-0.1, -0.05) is 6.07 Å². The summed E-state index contributed by atoms with van der Waals surface area (Å²) >= 11 is 0. The predicted octanol–water partition coefficient (Wildman–Crippen LogP) is 2.99. The number of nitrogens with one attached hydrogen (secondary N) is 1. The van der Waals surface area contributed by atoms with Crippen LogP contribution in [0.1, 0.15) is 6.92 Å². The topological polar surface area (TPSA) is 56.3 Å². The Kier molecular flexibility index (Phi) is 4.29. The van der Waals surface area contributed by atoms with Crippen molar-refractivity contribution in [3.63, 3.8) is 0 Å². The minimum absolute atomic E-state index is 0.00273. The number of benzene rings is 1. The zero-order chi connectivity index (χ0) is 14.5. The molecule has 0 saturated heterocycles. The third kappa shape index (κ3) is 2.76. The van der Waals surface area contributed by atoms with Gasteiger partial charge in [0.25, 0.3) is 5.88 Å². The highest BCUT2D eigenvalue weighted by molar-refractivity contribution is 5.55. The van der Waals surface area contributed by atoms with E-state index in [4.69, 9.17) is 9.47 Å². The predicted molar refractivity (Wildman–Crippen MR) is 69.2 cm³/mol. The van der Waals surface area contributed by atoms with Gasteiger partial charge in [-0.05, 0) is 19.1 Å². The fourth-order valence-electron chi connectivity index (χ4n) is 1.57. The average Bonchev–Trinajstić information content (AvgIpc) is 2.44. The van der Waals surface area contributed by atoms with E-state index in [9.17, 15) is 8.78 Å². The molecule has 0 radical (unpaired) electrons. The van der Waals surface area contributed by atoms with Crippen molar-refractivity contribution < 1.29 is 18.3 Å². The van der Waals surface area contributed by atoms with Crippen LogP contribution in [0.25, 0.3) is 0 Å². The molecule has 20 heavy (non-hydrogen) atoms. The highest BCUT2D eigenvalue weighted by Gasteiger charge is 2.17. The van der Waals surface area contributed by atoms with Crippen LogP contribution in [0.4, 0.5) is 14.6 Å². The highest BCUT2D eigenvalue weighted by atomic mass is 19.2. The fraction of sp³-hybridized carbons (Fsp3) is 0.231. The van der Waals surface area contributed by atoms with Crippen LogP contribution in [0, 0.1) is 11.6 Å². The lowest BCUT2D eigenvalue weighted by atomic mass is 10.3. The average molecular weight is 281 g/mol. The van der Waals surface area contributed by atoms with Gasteiger partial charge in [0.05, 0.1) is 7.11 Å². The number of aromatic nitrogens is 2. The summed E-state index contributed by atoms with van der Waals surface area (Å²) in [5, 5.41) is 2.96. The molecule has 0 amide bonds. The second-order valence-electron chi connectivity index (χ2n) is 3.75. The summed E-state index contributed by atoms with van der Waals surface area (Å²) < 4.78 is 37.1. The summed E-state index contributed by atoms with van der Waals surface area (Å²) in [5.74, 6) is -1.72. The van der Waals surface area contributed by atoms with E-state index in [1.54, 1.807) is 0 Å². The van der Waals surface area contributed by atoms with Gasteiger partial charge >= 0.3 is 0 Å². The van der Waals surface area contributed by atoms with Crippen LogP contribution in [-0.4, -0.2) is 23.6 Å². The standard InChI is InChI=1S/C13H13F2N3O2/c1-3-16-12-11(19-2)13(18-7-17-12)20-9-6-4-5-8(14)10(9)15/h4-7H,3H2,1-2H3,(H,16,17,18). The van der Waals surface area contributed by atoms with Gasteiger partial charge < -0.3 is 14.8 Å². The number of ether oxygens (including phenoxy) is 2. The molecule has 1 heterocycles. The second kappa shape index (κ2) is 6.14. The van der Waals surface area contributed by atoms with Crippen LogP contribution in [-0.2, 0) is 0 Å². The summed E-state index contributed by atoms with van der Waals surface area (Å²) in [5.41, 5.74) is 0. The lowest BCUT2D eigenvalue weighted by Gasteiger charge is -2.12. The Morgan fingerprint density at radius 3 is 2.75 bits per heavy atom. The van der Waals surface area contributed by atoms with E-state index in [0.717, 1.165) is 6.07 Å². The van der Waals surface area contributed by atoms with E-state index >= 15 is 0 Å². The molecule has 7 heteroatoms. The zero-order valence-electron chi connectivity index (χ0n) is 11.0. The smallest absolute Gasteiger partial charge is 0.268 e. The lowest BCUT2D eigenvalue weighted by Crippen LogP contribution is -2.04. The second-order valence-corrected chi connectivity index (χ2v) is 3.75. The minimum Gasteiger partial charge on any atom is -0.489 e. The monoisotopic (exact) mass is 281 g/mol. The maximum atomic E-state index is 13.6. The quantitative estimate of drug-likeness (QED) is 0.913. The fourth-order valence-corrected chi connectivity index (χ4v) is 1.57. The van der Waals surface area contributed by atoms with E-state index in [0.29, 0.717) is 12.4 Å². The number of anilines is 1. The Labute approximate surface area is 114 Å². The molecule has 0 aliphatic rings. The van der Waals surface area contributed by atoms with E-state index in [1.807, 2.05) is 6.92 Å². The SMILES string of the molecule is CCNc1ncnc(Oc2cccc(F)c2F)c1OC. The molecule has 1 aromatic carbocycles. The van der Waals surface area contributed by atoms with Crippen LogP contribution >= 0.6 is 0 Å². The molecule has 0 aliphatic carbocycles. The Bertz CT molecular complexity index is 608. The Morgan fingerprint density at radius 2 is 2.05 bits per heavy atom. The Morgan fingerprint density at radius 1 is 1.25 bits per heavy atom. The number of hydrogen-bond donors (Lipinski definition) is 1. The highest BCUT2D eigenvalue weighted by Crippen LogP contribution is 2.35. The molecule has 2 aromatic rings. The van der Waals surface area contributed by atoms with Gasteiger partial charge in [-0.15, -0.1) is 0 Å². The van der Waals surface area contributed by atoms with E-state index in [1.165, 1.54) is 25.6 Å². The zero-order valence-corrected chi connectivity index (χ0v) is 11.0. The van der Waals surface area contributed by atoms with Crippen molar-refractivity contribution in [2.45, 2.75) is 6.92 Å². The van der Waals surface area contributed by atoms with E-state index in [-0.39, 0.29) is 17.4 Å². The maximum absolute atomic E-state index is 13.6. The number of rotatable bonds is 5. The first-order valence-electron chi connectivity index (χ1n) is 5.92. The van der Waals surface area contributed by atoms with Crippen LogP contribution in [0.3, 0.4) is 0 Å². The number of halogens is 2. The normalized spacial score (nSPS) is 10.2. The van der Waals surface area contributed by atoms with Crippen molar-refractivity contribution in [2.75, 3.05) is 19.0 Å². The molecular formula is C13H13F2N3O2. The molecule has 0 bridgehead atoms. The van der Waals surface area contributed by atoms with Gasteiger partial charge in [0.2, 0.25) is 11.6 Å². The molecule has 5 nitrogen and oxygen atoms in total. The summed E-state index contributed by atoms with van der Waals surface area (Å²) in [6.45, 7) is 2.50. The van der Waals surface area contributed by atoms with Crippen molar-refractivity contribution in [2.24, 2.45) is 0 Å². The molecule has 2 rings (SSSR count). The summed E-state index contributed by atoms with van der Waals surface area (Å²) in [4.78, 5) is 7.86. The summed E-state index contributed by atoms with van der Waals surface area (Å²) in [6, 6.07) is 3.64.